The molecule has 0 bridgehead atoms. The van der Waals surface area contributed by atoms with E-state index in [2.05, 4.69) is 5.32 Å². The SMILES string of the molecule is CCOc1ccccc1-n1c(N)c(C(=O)NCCOC)c2nc3ccccc3nc21. The lowest BCUT2D eigenvalue weighted by atomic mass is 10.2. The fraction of sp³-hybridized carbons (Fsp3) is 0.227. The first kappa shape index (κ1) is 19.7. The number of aromatic nitrogens is 3. The van der Waals surface area contributed by atoms with E-state index in [-0.39, 0.29) is 17.3 Å². The molecule has 30 heavy (non-hydrogen) atoms. The molecule has 0 aliphatic heterocycles. The smallest absolute Gasteiger partial charge is 0.257 e. The fourth-order valence-electron chi connectivity index (χ4n) is 3.40. The van der Waals surface area contributed by atoms with Crippen LogP contribution in [0.15, 0.2) is 48.5 Å². The number of carbonyl (C=O) groups is 1. The van der Waals surface area contributed by atoms with Crippen LogP contribution in [0.1, 0.15) is 17.3 Å². The number of carbonyl (C=O) groups excluding carboxylic acids is 1. The van der Waals surface area contributed by atoms with Crippen molar-refractivity contribution in [3.8, 4) is 11.4 Å². The third-order valence-corrected chi connectivity index (χ3v) is 4.72. The molecular formula is C22H23N5O3. The summed E-state index contributed by atoms with van der Waals surface area (Å²) in [5, 5.41) is 2.83. The topological polar surface area (TPSA) is 104 Å². The van der Waals surface area contributed by atoms with Crippen LogP contribution in [0.5, 0.6) is 5.75 Å². The van der Waals surface area contributed by atoms with E-state index in [9.17, 15) is 4.79 Å². The lowest BCUT2D eigenvalue weighted by Crippen LogP contribution is -2.27. The van der Waals surface area contributed by atoms with Gasteiger partial charge >= 0.3 is 0 Å². The highest BCUT2D eigenvalue weighted by atomic mass is 16.5. The highest BCUT2D eigenvalue weighted by Gasteiger charge is 2.25. The molecule has 0 fully saturated rings. The van der Waals surface area contributed by atoms with E-state index < -0.39 is 0 Å². The standard InChI is InChI=1S/C22H23N5O3/c1-3-30-17-11-7-6-10-16(17)27-20(23)18(22(28)24-12-13-29-2)19-21(27)26-15-9-5-4-8-14(15)25-19/h4-11H,3,12-13,23H2,1-2H3,(H,24,28). The Morgan fingerprint density at radius 3 is 2.53 bits per heavy atom. The second-order valence-corrected chi connectivity index (χ2v) is 6.63. The number of rotatable bonds is 7. The number of hydrogen-bond acceptors (Lipinski definition) is 6. The number of para-hydroxylation sites is 4. The molecule has 2 aromatic heterocycles. The number of ether oxygens (including phenoxy) is 2. The Labute approximate surface area is 173 Å². The van der Waals surface area contributed by atoms with Gasteiger partial charge in [-0.15, -0.1) is 0 Å². The number of amides is 1. The van der Waals surface area contributed by atoms with Crippen LogP contribution < -0.4 is 15.8 Å². The van der Waals surface area contributed by atoms with E-state index in [1.807, 2.05) is 55.5 Å². The van der Waals surface area contributed by atoms with Gasteiger partial charge in [-0.25, -0.2) is 9.97 Å². The van der Waals surface area contributed by atoms with E-state index in [4.69, 9.17) is 25.2 Å². The lowest BCUT2D eigenvalue weighted by Gasteiger charge is -2.13. The van der Waals surface area contributed by atoms with Gasteiger partial charge in [-0.2, -0.15) is 0 Å². The number of benzene rings is 2. The third-order valence-electron chi connectivity index (χ3n) is 4.72. The van der Waals surface area contributed by atoms with Crippen molar-refractivity contribution in [2.24, 2.45) is 0 Å². The van der Waals surface area contributed by atoms with Gasteiger partial charge in [0.15, 0.2) is 5.65 Å². The van der Waals surface area contributed by atoms with E-state index in [1.165, 1.54) is 0 Å². The molecule has 0 atom stereocenters. The van der Waals surface area contributed by atoms with E-state index in [1.54, 1.807) is 11.7 Å². The Kier molecular flexibility index (Phi) is 5.49. The van der Waals surface area contributed by atoms with Crippen LogP contribution in [0.2, 0.25) is 0 Å². The Balaban J connectivity index is 1.99. The Hall–Kier alpha value is -3.65. The first-order chi connectivity index (χ1) is 14.7. The van der Waals surface area contributed by atoms with Crippen molar-refractivity contribution in [2.75, 3.05) is 32.6 Å². The Morgan fingerprint density at radius 1 is 1.10 bits per heavy atom. The van der Waals surface area contributed by atoms with E-state index in [0.29, 0.717) is 53.4 Å². The van der Waals surface area contributed by atoms with Crippen molar-refractivity contribution in [1.29, 1.82) is 0 Å². The van der Waals surface area contributed by atoms with Crippen LogP contribution in [0.3, 0.4) is 0 Å². The van der Waals surface area contributed by atoms with Gasteiger partial charge in [-0.3, -0.25) is 9.36 Å². The molecular weight excluding hydrogens is 382 g/mol. The van der Waals surface area contributed by atoms with Gasteiger partial charge in [0.1, 0.15) is 22.6 Å². The van der Waals surface area contributed by atoms with Gasteiger partial charge in [-0.05, 0) is 31.2 Å². The lowest BCUT2D eigenvalue weighted by molar-refractivity contribution is 0.0939. The van der Waals surface area contributed by atoms with Crippen LogP contribution in [0.25, 0.3) is 27.9 Å². The molecule has 4 aromatic rings. The monoisotopic (exact) mass is 405 g/mol. The molecule has 8 nitrogen and oxygen atoms in total. The second-order valence-electron chi connectivity index (χ2n) is 6.63. The summed E-state index contributed by atoms with van der Waals surface area (Å²) in [5.41, 5.74) is 9.83. The van der Waals surface area contributed by atoms with Crippen LogP contribution in [0.4, 0.5) is 5.82 Å². The van der Waals surface area contributed by atoms with Crippen LogP contribution in [0, 0.1) is 0 Å². The van der Waals surface area contributed by atoms with Crippen LogP contribution in [-0.2, 0) is 4.74 Å². The third kappa shape index (κ3) is 3.42. The number of fused-ring (bicyclic) bond motifs is 2. The van der Waals surface area contributed by atoms with Gasteiger partial charge in [0.05, 0.1) is 29.9 Å². The minimum absolute atomic E-state index is 0.252. The summed E-state index contributed by atoms with van der Waals surface area (Å²) in [4.78, 5) is 22.5. The quantitative estimate of drug-likeness (QED) is 0.458. The molecule has 0 saturated carbocycles. The van der Waals surface area contributed by atoms with Crippen molar-refractivity contribution in [3.05, 3.63) is 54.1 Å². The first-order valence-electron chi connectivity index (χ1n) is 9.71. The fourth-order valence-corrected chi connectivity index (χ4v) is 3.40. The van der Waals surface area contributed by atoms with Crippen LogP contribution in [-0.4, -0.2) is 47.3 Å². The molecule has 0 aliphatic carbocycles. The van der Waals surface area contributed by atoms with Gasteiger partial charge in [-0.1, -0.05) is 24.3 Å². The van der Waals surface area contributed by atoms with Gasteiger partial charge in [0.25, 0.3) is 5.91 Å². The largest absolute Gasteiger partial charge is 0.492 e. The zero-order valence-corrected chi connectivity index (χ0v) is 16.9. The van der Waals surface area contributed by atoms with Gasteiger partial charge in [0.2, 0.25) is 0 Å². The predicted octanol–water partition coefficient (Wildman–Crippen LogP) is 2.93. The number of hydrogen-bond donors (Lipinski definition) is 2. The molecule has 0 radical (unpaired) electrons. The van der Waals surface area contributed by atoms with Crippen molar-refractivity contribution < 1.29 is 14.3 Å². The molecule has 154 valence electrons. The van der Waals surface area contributed by atoms with Crippen molar-refractivity contribution >= 4 is 33.9 Å². The number of methoxy groups -OCH3 is 1. The summed E-state index contributed by atoms with van der Waals surface area (Å²) in [6, 6.07) is 15.0. The summed E-state index contributed by atoms with van der Waals surface area (Å²) in [6.45, 7) is 3.16. The number of nitrogens with two attached hydrogens (primary N) is 1. The zero-order valence-electron chi connectivity index (χ0n) is 16.9. The van der Waals surface area contributed by atoms with Gasteiger partial charge < -0.3 is 20.5 Å². The number of anilines is 1. The first-order valence-corrected chi connectivity index (χ1v) is 9.71. The summed E-state index contributed by atoms with van der Waals surface area (Å²) in [6.07, 6.45) is 0. The highest BCUT2D eigenvalue weighted by Crippen LogP contribution is 2.34. The molecule has 0 saturated heterocycles. The average Bonchev–Trinajstić information content (AvgIpc) is 3.03. The Morgan fingerprint density at radius 2 is 1.80 bits per heavy atom. The number of nitrogens with one attached hydrogen (secondary N) is 1. The maximum atomic E-state index is 13.0. The minimum Gasteiger partial charge on any atom is -0.492 e. The highest BCUT2D eigenvalue weighted by molar-refractivity contribution is 6.11. The van der Waals surface area contributed by atoms with Crippen LogP contribution >= 0.6 is 0 Å². The second kappa shape index (κ2) is 8.38. The molecule has 2 heterocycles. The van der Waals surface area contributed by atoms with Crippen molar-refractivity contribution in [2.45, 2.75) is 6.92 Å². The normalized spacial score (nSPS) is 11.1. The predicted molar refractivity (Wildman–Crippen MR) is 116 cm³/mol. The summed E-state index contributed by atoms with van der Waals surface area (Å²) in [5.74, 6) is 0.569. The molecule has 8 heteroatoms. The van der Waals surface area contributed by atoms with E-state index in [0.717, 1.165) is 0 Å². The molecule has 0 unspecified atom stereocenters. The average molecular weight is 405 g/mol. The number of nitrogen functional groups attached to an aromatic ring is 1. The zero-order chi connectivity index (χ0) is 21.1. The molecule has 0 aliphatic rings. The summed E-state index contributed by atoms with van der Waals surface area (Å²) < 4.78 is 12.5. The minimum atomic E-state index is -0.327. The Bertz CT molecular complexity index is 1220. The summed E-state index contributed by atoms with van der Waals surface area (Å²) in [7, 11) is 1.58. The molecule has 2 aromatic carbocycles. The molecule has 4 rings (SSSR count). The molecule has 0 spiro atoms. The van der Waals surface area contributed by atoms with Crippen molar-refractivity contribution in [1.82, 2.24) is 19.9 Å². The van der Waals surface area contributed by atoms with Crippen molar-refractivity contribution in [3.63, 3.8) is 0 Å². The summed E-state index contributed by atoms with van der Waals surface area (Å²) >= 11 is 0. The number of nitrogens with zero attached hydrogens (tertiary/aromatic N) is 3. The maximum Gasteiger partial charge on any atom is 0.257 e. The maximum absolute atomic E-state index is 13.0. The van der Waals surface area contributed by atoms with E-state index >= 15 is 0 Å². The van der Waals surface area contributed by atoms with Gasteiger partial charge in [0, 0.05) is 13.7 Å². The molecule has 3 N–H and O–H groups in total. The molecule has 1 amide bonds.